The Hall–Kier alpha value is -1.44. The van der Waals surface area contributed by atoms with Crippen LogP contribution in [0.25, 0.3) is 10.8 Å². The van der Waals surface area contributed by atoms with Crippen molar-refractivity contribution in [2.45, 2.75) is 11.1 Å². The van der Waals surface area contributed by atoms with Crippen LogP contribution in [0.4, 0.5) is 4.39 Å². The van der Waals surface area contributed by atoms with Crippen molar-refractivity contribution in [3.05, 3.63) is 42.5 Å². The average molecular weight is 348 g/mol. The zero-order chi connectivity index (χ0) is 16.8. The highest BCUT2D eigenvalue weighted by molar-refractivity contribution is 7.85. The molecule has 0 saturated carbocycles. The molecule has 1 unspecified atom stereocenters. The summed E-state index contributed by atoms with van der Waals surface area (Å²) in [6, 6.07) is 11.9. The lowest BCUT2D eigenvalue weighted by atomic mass is 10.1. The van der Waals surface area contributed by atoms with E-state index < -0.39 is 24.3 Å². The van der Waals surface area contributed by atoms with Gasteiger partial charge in [-0.1, -0.05) is 30.3 Å². The van der Waals surface area contributed by atoms with Crippen molar-refractivity contribution >= 4 is 28.9 Å². The van der Waals surface area contributed by atoms with Gasteiger partial charge in [-0.2, -0.15) is 13.3 Å². The van der Waals surface area contributed by atoms with E-state index in [0.717, 1.165) is 10.8 Å². The van der Waals surface area contributed by atoms with E-state index >= 15 is 0 Å². The van der Waals surface area contributed by atoms with E-state index in [4.69, 9.17) is 15.2 Å². The summed E-state index contributed by atoms with van der Waals surface area (Å²) in [5, 5.41) is 1.74. The van der Waals surface area contributed by atoms with E-state index in [2.05, 4.69) is 0 Å². The second-order valence-corrected chi connectivity index (χ2v) is 6.84. The van der Waals surface area contributed by atoms with Crippen molar-refractivity contribution in [3.63, 3.8) is 0 Å². The van der Waals surface area contributed by atoms with Crippen LogP contribution in [-0.4, -0.2) is 36.7 Å². The predicted molar refractivity (Wildman–Crippen MR) is 82.4 cm³/mol. The zero-order valence-corrected chi connectivity index (χ0v) is 13.2. The van der Waals surface area contributed by atoms with E-state index in [1.165, 1.54) is 12.1 Å². The highest BCUT2D eigenvalue weighted by atomic mass is 32.2. The summed E-state index contributed by atoms with van der Waals surface area (Å²) in [4.78, 5) is 7.99. The quantitative estimate of drug-likeness (QED) is 0.575. The second kappa shape index (κ2) is 8.26. The number of hydrogen-bond donors (Lipinski definition) is 3. The topological polar surface area (TPSA) is 118 Å². The number of benzene rings is 2. The zero-order valence-electron chi connectivity index (χ0n) is 11.5. The summed E-state index contributed by atoms with van der Waals surface area (Å²) in [5.74, 6) is 0. The Kier molecular flexibility index (Phi) is 6.99. The molecule has 6 nitrogen and oxygen atoms in total. The highest BCUT2D eigenvalue weighted by Crippen LogP contribution is 2.18. The minimum Gasteiger partial charge on any atom is -0.328 e. The molecule has 0 aliphatic carbocycles. The van der Waals surface area contributed by atoms with Gasteiger partial charge in [0.15, 0.2) is 6.17 Å². The third kappa shape index (κ3) is 6.13. The third-order valence-corrected chi connectivity index (χ3v) is 4.19. The van der Waals surface area contributed by atoms with Gasteiger partial charge in [-0.25, -0.2) is 4.39 Å². The summed E-state index contributed by atoms with van der Waals surface area (Å²) in [7, 11) is -6.44. The van der Waals surface area contributed by atoms with Crippen LogP contribution in [0.15, 0.2) is 47.4 Å². The van der Waals surface area contributed by atoms with E-state index in [-0.39, 0.29) is 17.6 Å². The fraction of sp³-hybridized carbons (Fsp3) is 0.231. The van der Waals surface area contributed by atoms with Crippen LogP contribution >= 0.6 is 8.03 Å². The number of nitrogens with two attached hydrogens (primary N) is 1. The molecule has 2 aromatic carbocycles. The molecule has 22 heavy (non-hydrogen) atoms. The molecular formula is C13H16FNO5PS+. The highest BCUT2D eigenvalue weighted by Gasteiger charge is 2.18. The molecule has 0 amide bonds. The lowest BCUT2D eigenvalue weighted by Gasteiger charge is -1.99. The van der Waals surface area contributed by atoms with Crippen molar-refractivity contribution < 1.29 is 26.8 Å². The summed E-state index contributed by atoms with van der Waals surface area (Å²) in [6.07, 6.45) is -1.67. The Balaban J connectivity index is 0.000000261. The fourth-order valence-corrected chi connectivity index (χ4v) is 2.58. The summed E-state index contributed by atoms with van der Waals surface area (Å²) in [6.45, 7) is -0.179. The smallest absolute Gasteiger partial charge is 0.328 e. The molecule has 0 fully saturated rings. The SMILES string of the molecule is NC[C@H](F)C[P+](=O)O.O=S(=O)(O)c1ccc2ccccc2c1. The van der Waals surface area contributed by atoms with Crippen LogP contribution in [0.3, 0.4) is 0 Å². The lowest BCUT2D eigenvalue weighted by molar-refractivity contribution is 0.364. The predicted octanol–water partition coefficient (Wildman–Crippen LogP) is 2.10. The molecule has 0 radical (unpaired) electrons. The number of rotatable bonds is 4. The number of halogens is 1. The first-order valence-corrected chi connectivity index (χ1v) is 9.01. The van der Waals surface area contributed by atoms with Gasteiger partial charge < -0.3 is 5.73 Å². The van der Waals surface area contributed by atoms with Crippen molar-refractivity contribution in [3.8, 4) is 0 Å². The van der Waals surface area contributed by atoms with Crippen LogP contribution < -0.4 is 5.73 Å². The standard InChI is InChI=1S/C10H8O3S.C3H7FNO2P/c11-14(12,13)10-6-5-8-3-1-2-4-9(8)7-10;4-3(1-5)2-8(6)7/h1-7H,(H,11,12,13);3H,1-2,5H2/p+1/t;3-/m.0/s1. The van der Waals surface area contributed by atoms with E-state index in [1.807, 2.05) is 18.2 Å². The minimum atomic E-state index is -4.09. The maximum Gasteiger partial charge on any atom is 0.508 e. The van der Waals surface area contributed by atoms with E-state index in [0.29, 0.717) is 0 Å². The van der Waals surface area contributed by atoms with Gasteiger partial charge in [-0.15, -0.1) is 0 Å². The molecule has 0 aromatic heterocycles. The van der Waals surface area contributed by atoms with Crippen LogP contribution in [-0.2, 0) is 14.7 Å². The molecular weight excluding hydrogens is 332 g/mol. The fourth-order valence-electron chi connectivity index (χ4n) is 1.57. The van der Waals surface area contributed by atoms with Crippen molar-refractivity contribution in [1.82, 2.24) is 0 Å². The molecule has 2 aromatic rings. The Morgan fingerprint density at radius 3 is 2.23 bits per heavy atom. The normalized spacial score (nSPS) is 13.2. The molecule has 2 rings (SSSR count). The van der Waals surface area contributed by atoms with E-state index in [9.17, 15) is 17.4 Å². The lowest BCUT2D eigenvalue weighted by Crippen LogP contribution is -2.17. The summed E-state index contributed by atoms with van der Waals surface area (Å²) in [5.41, 5.74) is 4.81. The molecule has 4 N–H and O–H groups in total. The molecule has 9 heteroatoms. The Morgan fingerprint density at radius 1 is 1.18 bits per heavy atom. The summed E-state index contributed by atoms with van der Waals surface area (Å²) < 4.78 is 52.2. The molecule has 2 atom stereocenters. The second-order valence-electron chi connectivity index (χ2n) is 4.35. The third-order valence-electron chi connectivity index (χ3n) is 2.63. The van der Waals surface area contributed by atoms with Gasteiger partial charge in [0.05, 0.1) is 4.90 Å². The van der Waals surface area contributed by atoms with Gasteiger partial charge in [-0.3, -0.25) is 4.55 Å². The van der Waals surface area contributed by atoms with Gasteiger partial charge in [0, 0.05) is 6.54 Å². The molecule has 0 saturated heterocycles. The minimum absolute atomic E-state index is 0.0730. The largest absolute Gasteiger partial charge is 0.508 e. The molecule has 0 aliphatic rings. The van der Waals surface area contributed by atoms with Gasteiger partial charge in [0.2, 0.25) is 6.16 Å². The maximum atomic E-state index is 11.9. The molecule has 120 valence electrons. The molecule has 0 bridgehead atoms. The van der Waals surface area contributed by atoms with E-state index in [1.54, 1.807) is 12.1 Å². The van der Waals surface area contributed by atoms with Gasteiger partial charge in [-0.05, 0) is 27.5 Å². The summed E-state index contributed by atoms with van der Waals surface area (Å²) >= 11 is 0. The van der Waals surface area contributed by atoms with Crippen LogP contribution in [0, 0.1) is 0 Å². The monoisotopic (exact) mass is 348 g/mol. The van der Waals surface area contributed by atoms with Crippen LogP contribution in [0.1, 0.15) is 0 Å². The first-order chi connectivity index (χ1) is 10.2. The van der Waals surface area contributed by atoms with Gasteiger partial charge in [0.1, 0.15) is 0 Å². The molecule has 0 spiro atoms. The van der Waals surface area contributed by atoms with Crippen molar-refractivity contribution in [2.75, 3.05) is 12.7 Å². The van der Waals surface area contributed by atoms with Crippen molar-refractivity contribution in [1.29, 1.82) is 0 Å². The molecule has 0 heterocycles. The van der Waals surface area contributed by atoms with Crippen LogP contribution in [0.2, 0.25) is 0 Å². The van der Waals surface area contributed by atoms with Gasteiger partial charge in [0.25, 0.3) is 10.1 Å². The average Bonchev–Trinajstić information content (AvgIpc) is 2.45. The van der Waals surface area contributed by atoms with Crippen molar-refractivity contribution in [2.24, 2.45) is 5.73 Å². The van der Waals surface area contributed by atoms with Crippen LogP contribution in [0.5, 0.6) is 0 Å². The Bertz CT molecular complexity index is 753. The number of alkyl halides is 1. The Labute approximate surface area is 128 Å². The number of fused-ring (bicyclic) bond motifs is 1. The molecule has 0 aliphatic heterocycles. The maximum absolute atomic E-state index is 11.9. The first kappa shape index (κ1) is 18.6. The first-order valence-electron chi connectivity index (χ1n) is 6.18. The van der Waals surface area contributed by atoms with Gasteiger partial charge >= 0.3 is 8.03 Å². The Morgan fingerprint density at radius 2 is 1.77 bits per heavy atom. The number of hydrogen-bond acceptors (Lipinski definition) is 4.